The molecule has 334 valence electrons. The summed E-state index contributed by atoms with van der Waals surface area (Å²) in [6.07, 6.45) is 1.57. The minimum Gasteiger partial charge on any atom is -0.481 e. The van der Waals surface area contributed by atoms with Crippen molar-refractivity contribution in [1.29, 1.82) is 0 Å². The molecule has 6 N–H and O–H groups in total. The van der Waals surface area contributed by atoms with E-state index >= 15 is 0 Å². The molecule has 5 amide bonds. The molecule has 61 heavy (non-hydrogen) atoms. The first kappa shape index (κ1) is 48.5. The fourth-order valence-corrected chi connectivity index (χ4v) is 7.12. The number of nitrogens with zero attached hydrogens (tertiary/aromatic N) is 2. The van der Waals surface area contributed by atoms with Gasteiger partial charge in [0.25, 0.3) is 0 Å². The molecule has 4 rings (SSSR count). The number of hydrazone groups is 1. The third-order valence-electron chi connectivity index (χ3n) is 10.5. The molecular formula is C45H65N7O9. The number of ether oxygens (including phenoxy) is 2. The molecule has 16 nitrogen and oxygen atoms in total. The van der Waals surface area contributed by atoms with Crippen LogP contribution in [-0.2, 0) is 51.1 Å². The second-order valence-corrected chi connectivity index (χ2v) is 17.0. The van der Waals surface area contributed by atoms with Gasteiger partial charge in [0.15, 0.2) is 0 Å². The van der Waals surface area contributed by atoms with E-state index in [0.29, 0.717) is 57.9 Å². The van der Waals surface area contributed by atoms with Crippen LogP contribution in [0.1, 0.15) is 84.3 Å². The van der Waals surface area contributed by atoms with Gasteiger partial charge in [0.1, 0.15) is 23.7 Å². The van der Waals surface area contributed by atoms with E-state index in [1.54, 1.807) is 0 Å². The van der Waals surface area contributed by atoms with Crippen molar-refractivity contribution < 1.29 is 43.3 Å². The van der Waals surface area contributed by atoms with Crippen molar-refractivity contribution in [3.63, 3.8) is 0 Å². The van der Waals surface area contributed by atoms with Gasteiger partial charge < -0.3 is 35.8 Å². The molecule has 2 saturated heterocycles. The number of carbonyl (C=O) groups is 6. The summed E-state index contributed by atoms with van der Waals surface area (Å²) >= 11 is 0. The summed E-state index contributed by atoms with van der Waals surface area (Å²) in [5.74, 6) is -3.29. The van der Waals surface area contributed by atoms with Crippen LogP contribution in [0.3, 0.4) is 0 Å². The molecule has 16 heteroatoms. The van der Waals surface area contributed by atoms with Crippen molar-refractivity contribution in [3.05, 3.63) is 71.8 Å². The fraction of sp³-hybridized carbons (Fsp3) is 0.578. The summed E-state index contributed by atoms with van der Waals surface area (Å²) in [4.78, 5) is 81.7. The van der Waals surface area contributed by atoms with Crippen LogP contribution < -0.4 is 26.7 Å². The number of rotatable bonds is 25. The molecule has 0 bridgehead atoms. The highest BCUT2D eigenvalue weighted by Crippen LogP contribution is 2.31. The van der Waals surface area contributed by atoms with Crippen molar-refractivity contribution in [1.82, 2.24) is 31.6 Å². The van der Waals surface area contributed by atoms with Crippen LogP contribution in [0.25, 0.3) is 0 Å². The van der Waals surface area contributed by atoms with Crippen LogP contribution in [0.5, 0.6) is 0 Å². The molecule has 2 fully saturated rings. The summed E-state index contributed by atoms with van der Waals surface area (Å²) in [5, 5.41) is 25.3. The van der Waals surface area contributed by atoms with Crippen LogP contribution >= 0.6 is 0 Å². The zero-order valence-electron chi connectivity index (χ0n) is 36.2. The number of epoxide rings is 1. The smallest absolute Gasteiger partial charge is 0.303 e. The van der Waals surface area contributed by atoms with Crippen molar-refractivity contribution in [3.8, 4) is 0 Å². The van der Waals surface area contributed by atoms with Crippen LogP contribution in [0.2, 0.25) is 0 Å². The van der Waals surface area contributed by atoms with E-state index in [0.717, 1.165) is 11.1 Å². The highest BCUT2D eigenvalue weighted by Gasteiger charge is 2.49. The molecule has 0 radical (unpaired) electrons. The summed E-state index contributed by atoms with van der Waals surface area (Å²) in [6, 6.07) is 15.1. The average molecular weight is 848 g/mol. The standard InChI is InChI=1S/C45H65N7O9/c1-30(2)25-35(41(45(5)29-61-45)51-50-38(53)17-12-18-40(55)56)47-44(59)37(27-33-15-10-7-11-16-33)49-43(58)36(26-31(3)4)48-42(57)34(20-19-32-13-8-6-9-14-32)46-39(54)28-52-21-23-60-24-22-52/h6-11,13-16,30-31,34-37H,12,17-29H2,1-5H3,(H,46,54)(H,47,59)(H,48,57)(H,49,58)(H,50,53)(H,55,56)/b51-41+/t34-,35-,36-,37-,45+/m0/s1. The molecular weight excluding hydrogens is 783 g/mol. The van der Waals surface area contributed by atoms with Crippen LogP contribution in [-0.4, -0.2) is 120 Å². The first-order chi connectivity index (χ1) is 29.1. The Bertz CT molecular complexity index is 1780. The molecule has 2 aliphatic rings. The number of nitrogens with one attached hydrogen (secondary N) is 5. The molecule has 2 aliphatic heterocycles. The van der Waals surface area contributed by atoms with E-state index in [1.165, 1.54) is 0 Å². The third-order valence-corrected chi connectivity index (χ3v) is 10.5. The highest BCUT2D eigenvalue weighted by molar-refractivity contribution is 6.02. The number of aryl methyl sites for hydroxylation is 1. The van der Waals surface area contributed by atoms with E-state index in [-0.39, 0.29) is 56.4 Å². The summed E-state index contributed by atoms with van der Waals surface area (Å²) in [6.45, 7) is 12.3. The zero-order chi connectivity index (χ0) is 44.4. The van der Waals surface area contributed by atoms with Crippen molar-refractivity contribution >= 4 is 41.2 Å². The lowest BCUT2D eigenvalue weighted by Crippen LogP contribution is -2.59. The van der Waals surface area contributed by atoms with Gasteiger partial charge >= 0.3 is 5.97 Å². The van der Waals surface area contributed by atoms with Gasteiger partial charge in [-0.3, -0.25) is 33.7 Å². The predicted octanol–water partition coefficient (Wildman–Crippen LogP) is 2.74. The van der Waals surface area contributed by atoms with E-state index in [2.05, 4.69) is 31.8 Å². The Hall–Kier alpha value is -5.19. The Kier molecular flexibility index (Phi) is 19.3. The molecule has 2 aromatic carbocycles. The number of hydrogen-bond acceptors (Lipinski definition) is 10. The van der Waals surface area contributed by atoms with E-state index in [9.17, 15) is 28.8 Å². The Morgan fingerprint density at radius 1 is 0.721 bits per heavy atom. The van der Waals surface area contributed by atoms with Crippen molar-refractivity contribution in [2.75, 3.05) is 39.5 Å². The number of aliphatic carboxylic acids is 1. The minimum absolute atomic E-state index is 0.0241. The molecule has 2 aromatic rings. The highest BCUT2D eigenvalue weighted by atomic mass is 16.6. The first-order valence-corrected chi connectivity index (χ1v) is 21.4. The van der Waals surface area contributed by atoms with E-state index < -0.39 is 59.4 Å². The lowest BCUT2D eigenvalue weighted by molar-refractivity contribution is -0.137. The van der Waals surface area contributed by atoms with Gasteiger partial charge in [0, 0.05) is 32.4 Å². The minimum atomic E-state index is -1.09. The van der Waals surface area contributed by atoms with Gasteiger partial charge in [-0.1, -0.05) is 88.4 Å². The Morgan fingerprint density at radius 3 is 1.85 bits per heavy atom. The molecule has 2 heterocycles. The SMILES string of the molecule is CC(C)C[C@H](NC(=O)[C@H](CCc1ccccc1)NC(=O)CN1CCOCC1)C(=O)N[C@@H](Cc1ccccc1)C(=O)N[C@@H](CC(C)C)/C(=N\NC(=O)CCCC(=O)O)[C@@]1(C)CO1. The fourth-order valence-electron chi connectivity index (χ4n) is 7.12. The van der Waals surface area contributed by atoms with Crippen molar-refractivity contribution in [2.45, 2.75) is 116 Å². The quantitative estimate of drug-likeness (QED) is 0.0488. The van der Waals surface area contributed by atoms with Gasteiger partial charge in [0.2, 0.25) is 29.5 Å². The Balaban J connectivity index is 1.55. The largest absolute Gasteiger partial charge is 0.481 e. The van der Waals surface area contributed by atoms with Gasteiger partial charge in [-0.2, -0.15) is 5.10 Å². The third kappa shape index (κ3) is 17.4. The number of benzene rings is 2. The number of carbonyl (C=O) groups excluding carboxylic acids is 5. The topological polar surface area (TPSA) is 220 Å². The number of amides is 5. The monoisotopic (exact) mass is 847 g/mol. The normalized spacial score (nSPS) is 18.6. The average Bonchev–Trinajstić information content (AvgIpc) is 3.96. The second-order valence-electron chi connectivity index (χ2n) is 17.0. The lowest BCUT2D eigenvalue weighted by Gasteiger charge is -2.29. The number of morpholine rings is 1. The molecule has 0 aliphatic carbocycles. The molecule has 0 saturated carbocycles. The number of carboxylic acids is 1. The first-order valence-electron chi connectivity index (χ1n) is 21.4. The van der Waals surface area contributed by atoms with E-state index in [4.69, 9.17) is 14.6 Å². The molecule has 0 aromatic heterocycles. The summed E-state index contributed by atoms with van der Waals surface area (Å²) in [5.41, 5.74) is 3.85. The number of carboxylic acid groups (broad SMARTS) is 1. The Morgan fingerprint density at radius 2 is 1.26 bits per heavy atom. The summed E-state index contributed by atoms with van der Waals surface area (Å²) in [7, 11) is 0. The Labute approximate surface area is 359 Å². The molecule has 0 spiro atoms. The maximum absolute atomic E-state index is 14.4. The summed E-state index contributed by atoms with van der Waals surface area (Å²) < 4.78 is 11.2. The van der Waals surface area contributed by atoms with Gasteiger partial charge in [-0.15, -0.1) is 0 Å². The lowest BCUT2D eigenvalue weighted by atomic mass is 9.92. The number of hydrogen-bond donors (Lipinski definition) is 6. The second kappa shape index (κ2) is 24.3. The van der Waals surface area contributed by atoms with Crippen molar-refractivity contribution in [2.24, 2.45) is 16.9 Å². The van der Waals surface area contributed by atoms with Gasteiger partial charge in [-0.25, -0.2) is 5.43 Å². The maximum Gasteiger partial charge on any atom is 0.303 e. The van der Waals surface area contributed by atoms with Crippen LogP contribution in [0.4, 0.5) is 0 Å². The molecule has 0 unspecified atom stereocenters. The van der Waals surface area contributed by atoms with Crippen LogP contribution in [0, 0.1) is 11.8 Å². The predicted molar refractivity (Wildman–Crippen MR) is 230 cm³/mol. The van der Waals surface area contributed by atoms with Gasteiger partial charge in [-0.05, 0) is 62.0 Å². The van der Waals surface area contributed by atoms with E-state index in [1.807, 2.05) is 100 Å². The van der Waals surface area contributed by atoms with Gasteiger partial charge in [0.05, 0.1) is 38.1 Å². The van der Waals surface area contributed by atoms with Crippen LogP contribution in [0.15, 0.2) is 65.8 Å². The maximum atomic E-state index is 14.4. The molecule has 5 atom stereocenters. The zero-order valence-corrected chi connectivity index (χ0v) is 36.2.